The Hall–Kier alpha value is -1.28. The second kappa shape index (κ2) is 7.91. The van der Waals surface area contributed by atoms with Crippen LogP contribution in [0.2, 0.25) is 5.02 Å². The SMILES string of the molecule is COCCOCC(C#N)Nc1ccccc1Cl. The summed E-state index contributed by atoms with van der Waals surface area (Å²) in [5.74, 6) is 0. The Morgan fingerprint density at radius 2 is 2.18 bits per heavy atom. The molecule has 0 fully saturated rings. The predicted molar refractivity (Wildman–Crippen MR) is 67.2 cm³/mol. The van der Waals surface area contributed by atoms with Crippen LogP contribution in [0.5, 0.6) is 0 Å². The van der Waals surface area contributed by atoms with Crippen molar-refractivity contribution in [1.29, 1.82) is 5.26 Å². The number of nitrogens with one attached hydrogen (secondary N) is 1. The minimum atomic E-state index is -0.424. The molecule has 1 N–H and O–H groups in total. The van der Waals surface area contributed by atoms with E-state index in [4.69, 9.17) is 26.3 Å². The molecule has 92 valence electrons. The first-order valence-corrected chi connectivity index (χ1v) is 5.63. The molecule has 0 aliphatic rings. The lowest BCUT2D eigenvalue weighted by Gasteiger charge is -2.14. The number of methoxy groups -OCH3 is 1. The van der Waals surface area contributed by atoms with Gasteiger partial charge in [-0.25, -0.2) is 0 Å². The number of hydrogen-bond donors (Lipinski definition) is 1. The van der Waals surface area contributed by atoms with Crippen LogP contribution in [0.3, 0.4) is 0 Å². The molecule has 0 heterocycles. The van der Waals surface area contributed by atoms with Crippen LogP contribution in [0.25, 0.3) is 0 Å². The Morgan fingerprint density at radius 1 is 1.41 bits per heavy atom. The number of benzene rings is 1. The van der Waals surface area contributed by atoms with Crippen molar-refractivity contribution < 1.29 is 9.47 Å². The van der Waals surface area contributed by atoms with Gasteiger partial charge in [0.15, 0.2) is 0 Å². The molecule has 1 unspecified atom stereocenters. The van der Waals surface area contributed by atoms with Crippen LogP contribution in [0.4, 0.5) is 5.69 Å². The molecule has 1 atom stereocenters. The third kappa shape index (κ3) is 5.05. The first kappa shape index (κ1) is 13.8. The molecule has 0 bridgehead atoms. The predicted octanol–water partition coefficient (Wildman–Crippen LogP) is 2.31. The fraction of sp³-hybridized carbons (Fsp3) is 0.417. The number of nitrogens with zero attached hydrogens (tertiary/aromatic N) is 1. The van der Waals surface area contributed by atoms with E-state index in [1.54, 1.807) is 13.2 Å². The van der Waals surface area contributed by atoms with E-state index in [2.05, 4.69) is 11.4 Å². The molecule has 0 aliphatic heterocycles. The van der Waals surface area contributed by atoms with Crippen molar-refractivity contribution in [3.8, 4) is 6.07 Å². The number of rotatable bonds is 7. The Balaban J connectivity index is 2.42. The van der Waals surface area contributed by atoms with E-state index in [1.807, 2.05) is 18.2 Å². The van der Waals surface area contributed by atoms with Crippen LogP contribution >= 0.6 is 11.6 Å². The summed E-state index contributed by atoms with van der Waals surface area (Å²) in [6.07, 6.45) is 0. The zero-order chi connectivity index (χ0) is 12.5. The summed E-state index contributed by atoms with van der Waals surface area (Å²) in [7, 11) is 1.60. The quantitative estimate of drug-likeness (QED) is 0.759. The highest BCUT2D eigenvalue weighted by molar-refractivity contribution is 6.33. The molecule has 17 heavy (non-hydrogen) atoms. The summed E-state index contributed by atoms with van der Waals surface area (Å²) in [6.45, 7) is 1.29. The topological polar surface area (TPSA) is 54.3 Å². The van der Waals surface area contributed by atoms with Gasteiger partial charge in [0, 0.05) is 7.11 Å². The maximum absolute atomic E-state index is 8.97. The first-order valence-electron chi connectivity index (χ1n) is 5.25. The lowest BCUT2D eigenvalue weighted by molar-refractivity contribution is 0.0707. The molecule has 1 aromatic carbocycles. The molecule has 4 nitrogen and oxygen atoms in total. The summed E-state index contributed by atoms with van der Waals surface area (Å²) >= 11 is 5.98. The van der Waals surface area contributed by atoms with Crippen LogP contribution in [0.15, 0.2) is 24.3 Å². The number of anilines is 1. The minimum Gasteiger partial charge on any atom is -0.382 e. The van der Waals surface area contributed by atoms with Crippen LogP contribution in [-0.2, 0) is 9.47 Å². The molecular weight excluding hydrogens is 240 g/mol. The standard InChI is InChI=1S/C12H15ClN2O2/c1-16-6-7-17-9-10(8-14)15-12-5-3-2-4-11(12)13/h2-5,10,15H,6-7,9H2,1H3. The van der Waals surface area contributed by atoms with E-state index in [-0.39, 0.29) is 0 Å². The summed E-state index contributed by atoms with van der Waals surface area (Å²) in [4.78, 5) is 0. The molecule has 5 heteroatoms. The summed E-state index contributed by atoms with van der Waals surface area (Å²) in [5.41, 5.74) is 0.732. The van der Waals surface area contributed by atoms with Gasteiger partial charge in [-0.3, -0.25) is 0 Å². The fourth-order valence-corrected chi connectivity index (χ4v) is 1.41. The Kier molecular flexibility index (Phi) is 6.41. The normalized spacial score (nSPS) is 11.8. The monoisotopic (exact) mass is 254 g/mol. The van der Waals surface area contributed by atoms with Crippen LogP contribution in [0, 0.1) is 11.3 Å². The molecule has 0 saturated carbocycles. The molecule has 0 aliphatic carbocycles. The van der Waals surface area contributed by atoms with Gasteiger partial charge in [-0.2, -0.15) is 5.26 Å². The van der Waals surface area contributed by atoms with Gasteiger partial charge in [-0.1, -0.05) is 23.7 Å². The lowest BCUT2D eigenvalue weighted by Crippen LogP contribution is -2.24. The van der Waals surface area contributed by atoms with Crippen LogP contribution < -0.4 is 5.32 Å². The zero-order valence-electron chi connectivity index (χ0n) is 9.65. The molecular formula is C12H15ClN2O2. The molecule has 1 aromatic rings. The number of ether oxygens (including phenoxy) is 2. The first-order chi connectivity index (χ1) is 8.27. The number of hydrogen-bond acceptors (Lipinski definition) is 4. The number of para-hydroxylation sites is 1. The van der Waals surface area contributed by atoms with Gasteiger partial charge in [-0.15, -0.1) is 0 Å². The van der Waals surface area contributed by atoms with Crippen molar-refractivity contribution in [2.45, 2.75) is 6.04 Å². The zero-order valence-corrected chi connectivity index (χ0v) is 10.4. The van der Waals surface area contributed by atoms with Crippen LogP contribution in [-0.4, -0.2) is 33.0 Å². The third-order valence-electron chi connectivity index (χ3n) is 2.08. The maximum Gasteiger partial charge on any atom is 0.138 e. The minimum absolute atomic E-state index is 0.297. The molecule has 1 rings (SSSR count). The van der Waals surface area contributed by atoms with Gasteiger partial charge in [0.1, 0.15) is 6.04 Å². The largest absolute Gasteiger partial charge is 0.382 e. The van der Waals surface area contributed by atoms with Gasteiger partial charge < -0.3 is 14.8 Å². The Bertz CT molecular complexity index is 379. The summed E-state index contributed by atoms with van der Waals surface area (Å²) in [5, 5.41) is 12.6. The van der Waals surface area contributed by atoms with E-state index >= 15 is 0 Å². The smallest absolute Gasteiger partial charge is 0.138 e. The van der Waals surface area contributed by atoms with Crippen LogP contribution in [0.1, 0.15) is 0 Å². The second-order valence-corrected chi connectivity index (χ2v) is 3.78. The van der Waals surface area contributed by atoms with Gasteiger partial charge in [0.2, 0.25) is 0 Å². The van der Waals surface area contributed by atoms with E-state index < -0.39 is 6.04 Å². The fourth-order valence-electron chi connectivity index (χ4n) is 1.22. The summed E-state index contributed by atoms with van der Waals surface area (Å²) < 4.78 is 10.1. The van der Waals surface area contributed by atoms with Crippen molar-refractivity contribution >= 4 is 17.3 Å². The van der Waals surface area contributed by atoms with E-state index in [9.17, 15) is 0 Å². The highest BCUT2D eigenvalue weighted by atomic mass is 35.5. The van der Waals surface area contributed by atoms with Crippen molar-refractivity contribution in [3.05, 3.63) is 29.3 Å². The van der Waals surface area contributed by atoms with Gasteiger partial charge >= 0.3 is 0 Å². The van der Waals surface area contributed by atoms with E-state index in [1.165, 1.54) is 0 Å². The number of halogens is 1. The highest BCUT2D eigenvalue weighted by Gasteiger charge is 2.08. The molecule has 0 aromatic heterocycles. The van der Waals surface area contributed by atoms with Crippen molar-refractivity contribution in [3.63, 3.8) is 0 Å². The molecule has 0 amide bonds. The van der Waals surface area contributed by atoms with Crippen molar-refractivity contribution in [2.24, 2.45) is 0 Å². The Morgan fingerprint density at radius 3 is 2.82 bits per heavy atom. The number of nitriles is 1. The van der Waals surface area contributed by atoms with Gasteiger partial charge in [0.25, 0.3) is 0 Å². The highest BCUT2D eigenvalue weighted by Crippen LogP contribution is 2.21. The average Bonchev–Trinajstić information content (AvgIpc) is 2.35. The third-order valence-corrected chi connectivity index (χ3v) is 2.41. The van der Waals surface area contributed by atoms with Gasteiger partial charge in [-0.05, 0) is 12.1 Å². The maximum atomic E-state index is 8.97. The van der Waals surface area contributed by atoms with E-state index in [0.717, 1.165) is 5.69 Å². The van der Waals surface area contributed by atoms with E-state index in [0.29, 0.717) is 24.8 Å². The Labute approximate surface area is 106 Å². The molecule has 0 saturated heterocycles. The average molecular weight is 255 g/mol. The van der Waals surface area contributed by atoms with Gasteiger partial charge in [0.05, 0.1) is 36.6 Å². The second-order valence-electron chi connectivity index (χ2n) is 3.37. The molecule has 0 radical (unpaired) electrons. The van der Waals surface area contributed by atoms with Crippen molar-refractivity contribution in [1.82, 2.24) is 0 Å². The van der Waals surface area contributed by atoms with Crippen molar-refractivity contribution in [2.75, 3.05) is 32.2 Å². The molecule has 0 spiro atoms. The summed E-state index contributed by atoms with van der Waals surface area (Å²) in [6, 6.07) is 8.98. The lowest BCUT2D eigenvalue weighted by atomic mass is 10.2.